The number of alkyl halides is 3. The van der Waals surface area contributed by atoms with E-state index in [-0.39, 0.29) is 24.1 Å². The molecule has 0 heterocycles. The lowest BCUT2D eigenvalue weighted by Crippen LogP contribution is -2.51. The second-order valence-electron chi connectivity index (χ2n) is 10.3. The van der Waals surface area contributed by atoms with Crippen LogP contribution in [0.2, 0.25) is 0 Å². The topological polar surface area (TPSA) is 70.6 Å². The molecule has 0 saturated heterocycles. The van der Waals surface area contributed by atoms with Crippen LogP contribution in [0.15, 0.2) is 49.0 Å². The molecule has 0 bridgehead atoms. The van der Waals surface area contributed by atoms with E-state index in [1.54, 1.807) is 26.8 Å². The van der Waals surface area contributed by atoms with Gasteiger partial charge in [0.2, 0.25) is 0 Å². The van der Waals surface area contributed by atoms with Crippen LogP contribution in [0.3, 0.4) is 0 Å². The Morgan fingerprint density at radius 1 is 1.11 bits per heavy atom. The minimum atomic E-state index is -4.56. The number of amides is 1. The van der Waals surface area contributed by atoms with Gasteiger partial charge in [-0.15, -0.1) is 0 Å². The van der Waals surface area contributed by atoms with Crippen LogP contribution < -0.4 is 10.6 Å². The molecule has 2 aromatic rings. The van der Waals surface area contributed by atoms with Crippen molar-refractivity contribution in [1.82, 2.24) is 10.6 Å². The highest BCUT2D eigenvalue weighted by molar-refractivity contribution is 5.69. The lowest BCUT2D eigenvalue weighted by Gasteiger charge is -2.29. The Kier molecular flexibility index (Phi) is 8.34. The number of aliphatic hydroxyl groups is 1. The normalized spacial score (nSPS) is 16.6. The van der Waals surface area contributed by atoms with Gasteiger partial charge in [0.25, 0.3) is 0 Å². The first-order valence-electron chi connectivity index (χ1n) is 11.8. The molecular weight excluding hydrogens is 495 g/mol. The molecule has 1 saturated carbocycles. The van der Waals surface area contributed by atoms with E-state index in [1.165, 1.54) is 18.2 Å². The Labute approximate surface area is 212 Å². The van der Waals surface area contributed by atoms with Gasteiger partial charge < -0.3 is 20.5 Å². The van der Waals surface area contributed by atoms with Gasteiger partial charge >= 0.3 is 12.3 Å². The molecular formula is C27H31F5N2O3. The third kappa shape index (κ3) is 8.00. The molecule has 0 radical (unpaired) electrons. The number of ether oxygens (including phenoxy) is 1. The third-order valence-corrected chi connectivity index (χ3v) is 6.05. The monoisotopic (exact) mass is 526 g/mol. The van der Waals surface area contributed by atoms with E-state index in [9.17, 15) is 31.9 Å². The van der Waals surface area contributed by atoms with Gasteiger partial charge in [-0.25, -0.2) is 13.6 Å². The number of alkyl carbamates (subject to hydrolysis) is 1. The summed E-state index contributed by atoms with van der Waals surface area (Å²) in [7, 11) is 0. The summed E-state index contributed by atoms with van der Waals surface area (Å²) >= 11 is 0. The van der Waals surface area contributed by atoms with Gasteiger partial charge in [-0.1, -0.05) is 24.8 Å². The zero-order valence-electron chi connectivity index (χ0n) is 20.9. The maximum atomic E-state index is 13.7. The van der Waals surface area contributed by atoms with Gasteiger partial charge in [0.05, 0.1) is 17.7 Å². The second-order valence-corrected chi connectivity index (χ2v) is 10.3. The molecule has 2 atom stereocenters. The van der Waals surface area contributed by atoms with Crippen LogP contribution in [0.25, 0.3) is 5.57 Å². The van der Waals surface area contributed by atoms with E-state index in [0.717, 1.165) is 18.2 Å². The Balaban J connectivity index is 1.75. The summed E-state index contributed by atoms with van der Waals surface area (Å²) in [5, 5.41) is 16.7. The fourth-order valence-electron chi connectivity index (χ4n) is 4.03. The van der Waals surface area contributed by atoms with Crippen molar-refractivity contribution in [2.45, 2.75) is 69.5 Å². The van der Waals surface area contributed by atoms with Crippen LogP contribution in [-0.4, -0.2) is 41.7 Å². The standard InChI is InChI=1S/C27H31F5N2O3/c1-16(27(30,31)32)18-6-5-7-19(13-18)26(8-9-26)33-15-23(35)22(34-24(36)37-25(2,3)4)12-17-10-20(28)14-21(29)11-17/h5-7,10-11,13-14,22-23,33,35H,1,8-9,12,15H2,2-4H3,(H,34,36). The first kappa shape index (κ1) is 28.6. The molecule has 0 aliphatic heterocycles. The maximum Gasteiger partial charge on any atom is 0.416 e. The number of hydrogen-bond donors (Lipinski definition) is 3. The number of halogens is 5. The summed E-state index contributed by atoms with van der Waals surface area (Å²) in [6.45, 7) is 8.10. The molecule has 37 heavy (non-hydrogen) atoms. The van der Waals surface area contributed by atoms with Crippen molar-refractivity contribution in [3.63, 3.8) is 0 Å². The number of aliphatic hydroxyl groups excluding tert-OH is 1. The molecule has 2 aromatic carbocycles. The van der Waals surface area contributed by atoms with E-state index in [1.807, 2.05) is 0 Å². The van der Waals surface area contributed by atoms with Crippen LogP contribution in [-0.2, 0) is 16.7 Å². The van der Waals surface area contributed by atoms with E-state index in [4.69, 9.17) is 4.74 Å². The fourth-order valence-corrected chi connectivity index (χ4v) is 4.03. The molecule has 1 fully saturated rings. The lowest BCUT2D eigenvalue weighted by molar-refractivity contribution is -0.0686. The van der Waals surface area contributed by atoms with Gasteiger partial charge in [0.1, 0.15) is 17.2 Å². The summed E-state index contributed by atoms with van der Waals surface area (Å²) in [6.07, 6.45) is -5.43. The van der Waals surface area contributed by atoms with E-state index in [0.29, 0.717) is 18.4 Å². The predicted molar refractivity (Wildman–Crippen MR) is 130 cm³/mol. The van der Waals surface area contributed by atoms with Crippen LogP contribution in [0.1, 0.15) is 50.3 Å². The third-order valence-electron chi connectivity index (χ3n) is 6.05. The van der Waals surface area contributed by atoms with E-state index in [2.05, 4.69) is 17.2 Å². The molecule has 202 valence electrons. The summed E-state index contributed by atoms with van der Waals surface area (Å²) in [4.78, 5) is 12.4. The van der Waals surface area contributed by atoms with Gasteiger partial charge in [0, 0.05) is 18.2 Å². The van der Waals surface area contributed by atoms with Crippen molar-refractivity contribution in [3.8, 4) is 0 Å². The van der Waals surface area contributed by atoms with Crippen molar-refractivity contribution < 1.29 is 36.6 Å². The first-order chi connectivity index (χ1) is 17.1. The average Bonchev–Trinajstić information content (AvgIpc) is 3.55. The molecule has 1 aliphatic rings. The molecule has 0 aromatic heterocycles. The summed E-state index contributed by atoms with van der Waals surface area (Å²) in [6, 6.07) is 7.93. The van der Waals surface area contributed by atoms with Crippen LogP contribution in [0, 0.1) is 11.6 Å². The quantitative estimate of drug-likeness (QED) is 0.371. The predicted octanol–water partition coefficient (Wildman–Crippen LogP) is 5.62. The van der Waals surface area contributed by atoms with E-state index >= 15 is 0 Å². The minimum Gasteiger partial charge on any atom is -0.444 e. The highest BCUT2D eigenvalue weighted by atomic mass is 19.4. The summed E-state index contributed by atoms with van der Waals surface area (Å²) in [5.41, 5.74) is -1.62. The van der Waals surface area contributed by atoms with Gasteiger partial charge in [-0.3, -0.25) is 0 Å². The molecule has 1 amide bonds. The number of carbonyl (C=O) groups excluding carboxylic acids is 1. The van der Waals surface area contributed by atoms with Crippen molar-refractivity contribution >= 4 is 11.7 Å². The minimum absolute atomic E-state index is 0.0452. The zero-order valence-corrected chi connectivity index (χ0v) is 20.9. The maximum absolute atomic E-state index is 13.7. The SMILES string of the molecule is C=C(c1cccc(C2(NCC(O)C(Cc3cc(F)cc(F)c3)NC(=O)OC(C)(C)C)CC2)c1)C(F)(F)F. The number of benzene rings is 2. The van der Waals surface area contributed by atoms with Gasteiger partial charge in [-0.2, -0.15) is 13.2 Å². The van der Waals surface area contributed by atoms with Crippen molar-refractivity contribution in [3.05, 3.63) is 77.4 Å². The largest absolute Gasteiger partial charge is 0.444 e. The second kappa shape index (κ2) is 10.8. The number of carbonyl (C=O) groups is 1. The highest BCUT2D eigenvalue weighted by Gasteiger charge is 2.45. The van der Waals surface area contributed by atoms with Crippen LogP contribution >= 0.6 is 0 Å². The molecule has 2 unspecified atom stereocenters. The number of rotatable bonds is 9. The van der Waals surface area contributed by atoms with Crippen molar-refractivity contribution in [1.29, 1.82) is 0 Å². The first-order valence-corrected chi connectivity index (χ1v) is 11.8. The summed E-state index contributed by atoms with van der Waals surface area (Å²) in [5.74, 6) is -1.59. The van der Waals surface area contributed by atoms with Crippen LogP contribution in [0.5, 0.6) is 0 Å². The van der Waals surface area contributed by atoms with E-state index < -0.39 is 52.8 Å². The van der Waals surface area contributed by atoms with Gasteiger partial charge in [0.15, 0.2) is 0 Å². The Bertz CT molecular complexity index is 1120. The van der Waals surface area contributed by atoms with Crippen molar-refractivity contribution in [2.24, 2.45) is 0 Å². The lowest BCUT2D eigenvalue weighted by atomic mass is 9.97. The molecule has 0 spiro atoms. The van der Waals surface area contributed by atoms with Crippen molar-refractivity contribution in [2.75, 3.05) is 6.54 Å². The molecule has 10 heteroatoms. The molecule has 5 nitrogen and oxygen atoms in total. The fraction of sp³-hybridized carbons (Fsp3) is 0.444. The number of allylic oxidation sites excluding steroid dienone is 1. The molecule has 3 N–H and O–H groups in total. The Morgan fingerprint density at radius 2 is 1.73 bits per heavy atom. The Hall–Kier alpha value is -2.98. The molecule has 3 rings (SSSR count). The zero-order chi connectivity index (χ0) is 27.6. The Morgan fingerprint density at radius 3 is 2.27 bits per heavy atom. The number of nitrogens with one attached hydrogen (secondary N) is 2. The average molecular weight is 527 g/mol. The van der Waals surface area contributed by atoms with Gasteiger partial charge in [-0.05, 0) is 74.9 Å². The smallest absolute Gasteiger partial charge is 0.416 e. The van der Waals surface area contributed by atoms with Crippen LogP contribution in [0.4, 0.5) is 26.7 Å². The number of hydrogen-bond acceptors (Lipinski definition) is 4. The summed E-state index contributed by atoms with van der Waals surface area (Å²) < 4.78 is 72.1. The molecule has 1 aliphatic carbocycles. The highest BCUT2D eigenvalue weighted by Crippen LogP contribution is 2.46.